The third-order valence-electron chi connectivity index (χ3n) is 6.19. The van der Waals surface area contributed by atoms with Crippen LogP contribution in [0, 0.1) is 17.7 Å². The molecule has 3 fully saturated rings. The number of hydrazine groups is 2. The molecule has 0 aliphatic carbocycles. The third-order valence-corrected chi connectivity index (χ3v) is 6.19. The van der Waals surface area contributed by atoms with Crippen molar-refractivity contribution in [2.75, 3.05) is 40.3 Å². The van der Waals surface area contributed by atoms with Crippen LogP contribution in [0.3, 0.4) is 0 Å². The summed E-state index contributed by atoms with van der Waals surface area (Å²) in [5.74, 6) is 0.422. The molecule has 8 heteroatoms. The number of benzene rings is 1. The molecule has 0 aromatic heterocycles. The first kappa shape index (κ1) is 18.8. The molecule has 4 N–H and O–H groups in total. The molecule has 4 rings (SSSR count). The highest BCUT2D eigenvalue weighted by Gasteiger charge is 2.44. The van der Waals surface area contributed by atoms with E-state index in [2.05, 4.69) is 33.7 Å². The molecule has 0 bridgehead atoms. The molecule has 0 saturated carbocycles. The van der Waals surface area contributed by atoms with Crippen LogP contribution >= 0.6 is 0 Å². The predicted molar refractivity (Wildman–Crippen MR) is 101 cm³/mol. The van der Waals surface area contributed by atoms with Gasteiger partial charge < -0.3 is 9.80 Å². The Balaban J connectivity index is 1.40. The Morgan fingerprint density at radius 2 is 2.04 bits per heavy atom. The predicted octanol–water partition coefficient (Wildman–Crippen LogP) is -0.154. The van der Waals surface area contributed by atoms with Gasteiger partial charge in [-0.15, -0.1) is 0 Å². The molecule has 3 saturated heterocycles. The summed E-state index contributed by atoms with van der Waals surface area (Å²) < 4.78 is 13.2. The number of halogens is 1. The number of amides is 1. The van der Waals surface area contributed by atoms with Gasteiger partial charge in [-0.25, -0.2) is 15.2 Å². The van der Waals surface area contributed by atoms with Crippen molar-refractivity contribution in [1.29, 1.82) is 0 Å². The summed E-state index contributed by atoms with van der Waals surface area (Å²) in [6, 6.07) is 6.81. The van der Waals surface area contributed by atoms with Crippen molar-refractivity contribution in [2.24, 2.45) is 11.8 Å². The third kappa shape index (κ3) is 3.86. The zero-order chi connectivity index (χ0) is 19.0. The molecule has 3 aliphatic heterocycles. The Hall–Kier alpha value is -1.58. The number of carbonyl (C=O) groups is 1. The van der Waals surface area contributed by atoms with E-state index in [1.807, 2.05) is 11.9 Å². The monoisotopic (exact) mass is 376 g/mol. The Bertz CT molecular complexity index is 671. The normalized spacial score (nSPS) is 33.8. The summed E-state index contributed by atoms with van der Waals surface area (Å²) in [6.45, 7) is 3.40. The number of nitrogens with one attached hydrogen (secondary N) is 4. The smallest absolute Gasteiger partial charge is 0.241 e. The van der Waals surface area contributed by atoms with E-state index in [9.17, 15) is 9.18 Å². The molecule has 0 spiro atoms. The maximum atomic E-state index is 13.2. The number of carbonyl (C=O) groups excluding carboxylic acids is 1. The first-order valence-corrected chi connectivity index (χ1v) is 9.71. The minimum atomic E-state index is -0.236. The standard InChI is InChI=1S/C19H29FN6O/c1-25-8-7-16-15(11-25)18(24-22-16)19(27)26(2)10-13-9-21-23-17(13)12-3-5-14(20)6-4-12/h3-6,13,15-18,21-24H,7-11H2,1-2H3. The topological polar surface area (TPSA) is 71.7 Å². The molecule has 3 heterocycles. The quantitative estimate of drug-likeness (QED) is 0.586. The molecule has 3 aliphatic rings. The molecule has 1 aromatic carbocycles. The van der Waals surface area contributed by atoms with E-state index in [4.69, 9.17) is 0 Å². The average molecular weight is 376 g/mol. The van der Waals surface area contributed by atoms with Crippen LogP contribution in [0.1, 0.15) is 18.0 Å². The summed E-state index contributed by atoms with van der Waals surface area (Å²) in [5.41, 5.74) is 14.0. The maximum Gasteiger partial charge on any atom is 0.241 e. The summed E-state index contributed by atoms with van der Waals surface area (Å²) in [7, 11) is 3.99. The van der Waals surface area contributed by atoms with E-state index < -0.39 is 0 Å². The highest BCUT2D eigenvalue weighted by molar-refractivity contribution is 5.82. The Morgan fingerprint density at radius 1 is 1.26 bits per heavy atom. The van der Waals surface area contributed by atoms with Crippen LogP contribution in [0.4, 0.5) is 4.39 Å². The molecule has 0 radical (unpaired) electrons. The van der Waals surface area contributed by atoms with Gasteiger partial charge in [-0.1, -0.05) is 12.1 Å². The summed E-state index contributed by atoms with van der Waals surface area (Å²) in [4.78, 5) is 17.2. The van der Waals surface area contributed by atoms with Gasteiger partial charge in [-0.2, -0.15) is 0 Å². The van der Waals surface area contributed by atoms with Crippen LogP contribution in [0.25, 0.3) is 0 Å². The van der Waals surface area contributed by atoms with E-state index in [1.165, 1.54) is 12.1 Å². The number of rotatable bonds is 4. The van der Waals surface area contributed by atoms with Gasteiger partial charge in [-0.3, -0.25) is 15.6 Å². The molecule has 1 amide bonds. The fourth-order valence-electron chi connectivity index (χ4n) is 4.63. The van der Waals surface area contributed by atoms with Crippen molar-refractivity contribution in [2.45, 2.75) is 24.5 Å². The van der Waals surface area contributed by atoms with E-state index in [0.29, 0.717) is 18.5 Å². The van der Waals surface area contributed by atoms with E-state index in [0.717, 1.165) is 31.6 Å². The summed E-state index contributed by atoms with van der Waals surface area (Å²) >= 11 is 0. The van der Waals surface area contributed by atoms with Crippen molar-refractivity contribution >= 4 is 5.91 Å². The zero-order valence-electron chi connectivity index (χ0n) is 15.9. The molecule has 5 atom stereocenters. The number of nitrogens with zero attached hydrogens (tertiary/aromatic N) is 2. The van der Waals surface area contributed by atoms with Crippen molar-refractivity contribution < 1.29 is 9.18 Å². The lowest BCUT2D eigenvalue weighted by atomic mass is 9.87. The number of hydrogen-bond donors (Lipinski definition) is 4. The molecule has 148 valence electrons. The largest absolute Gasteiger partial charge is 0.344 e. The first-order valence-electron chi connectivity index (χ1n) is 9.71. The van der Waals surface area contributed by atoms with Gasteiger partial charge >= 0.3 is 0 Å². The lowest BCUT2D eigenvalue weighted by Crippen LogP contribution is -2.51. The van der Waals surface area contributed by atoms with Gasteiger partial charge in [0.1, 0.15) is 11.9 Å². The fourth-order valence-corrected chi connectivity index (χ4v) is 4.63. The van der Waals surface area contributed by atoms with Crippen LogP contribution in [0.2, 0.25) is 0 Å². The second-order valence-electron chi connectivity index (χ2n) is 8.12. The van der Waals surface area contributed by atoms with Crippen molar-refractivity contribution in [3.63, 3.8) is 0 Å². The second kappa shape index (κ2) is 7.81. The second-order valence-corrected chi connectivity index (χ2v) is 8.12. The Morgan fingerprint density at radius 3 is 2.81 bits per heavy atom. The van der Waals surface area contributed by atoms with Crippen LogP contribution < -0.4 is 21.7 Å². The number of piperidine rings is 1. The lowest BCUT2D eigenvalue weighted by Gasteiger charge is -2.34. The minimum Gasteiger partial charge on any atom is -0.344 e. The lowest BCUT2D eigenvalue weighted by molar-refractivity contribution is -0.133. The van der Waals surface area contributed by atoms with E-state index in [1.54, 1.807) is 12.1 Å². The van der Waals surface area contributed by atoms with Crippen molar-refractivity contribution in [1.82, 2.24) is 31.5 Å². The van der Waals surface area contributed by atoms with Gasteiger partial charge in [0.05, 0.1) is 6.04 Å². The first-order chi connectivity index (χ1) is 13.0. The SMILES string of the molecule is CN1CCC2NNC(C(=O)N(C)CC3CNNC3c3ccc(F)cc3)C2C1. The van der Waals surface area contributed by atoms with Crippen LogP contribution in [0.5, 0.6) is 0 Å². The van der Waals surface area contributed by atoms with Crippen molar-refractivity contribution in [3.8, 4) is 0 Å². The highest BCUT2D eigenvalue weighted by atomic mass is 19.1. The maximum absolute atomic E-state index is 13.2. The fraction of sp³-hybridized carbons (Fsp3) is 0.632. The molecule has 1 aromatic rings. The molecular formula is C19H29FN6O. The minimum absolute atomic E-state index is 0.0593. The molecule has 7 nitrogen and oxygen atoms in total. The Labute approximate surface area is 159 Å². The zero-order valence-corrected chi connectivity index (χ0v) is 15.9. The van der Waals surface area contributed by atoms with Gasteiger partial charge in [0.2, 0.25) is 5.91 Å². The highest BCUT2D eigenvalue weighted by Crippen LogP contribution is 2.28. The summed E-state index contributed by atoms with van der Waals surface area (Å²) in [6.07, 6.45) is 1.06. The number of hydrogen-bond acceptors (Lipinski definition) is 6. The van der Waals surface area contributed by atoms with Crippen LogP contribution in [-0.4, -0.2) is 68.1 Å². The molecule has 27 heavy (non-hydrogen) atoms. The number of likely N-dealkylation sites (N-methyl/N-ethyl adjacent to an activating group) is 1. The van der Waals surface area contributed by atoms with Crippen LogP contribution in [0.15, 0.2) is 24.3 Å². The average Bonchev–Trinajstić information content (AvgIpc) is 3.28. The van der Waals surface area contributed by atoms with Crippen molar-refractivity contribution in [3.05, 3.63) is 35.6 Å². The van der Waals surface area contributed by atoms with Gasteiger partial charge in [0.15, 0.2) is 0 Å². The Kier molecular flexibility index (Phi) is 5.43. The van der Waals surface area contributed by atoms with Gasteiger partial charge in [0.25, 0.3) is 0 Å². The summed E-state index contributed by atoms with van der Waals surface area (Å²) in [5, 5.41) is 0. The number of fused-ring (bicyclic) bond motifs is 1. The van der Waals surface area contributed by atoms with Gasteiger partial charge in [0, 0.05) is 44.6 Å². The van der Waals surface area contributed by atoms with Gasteiger partial charge in [-0.05, 0) is 37.7 Å². The molecule has 5 unspecified atom stereocenters. The van der Waals surface area contributed by atoms with Crippen LogP contribution in [-0.2, 0) is 4.79 Å². The number of likely N-dealkylation sites (tertiary alicyclic amines) is 1. The van der Waals surface area contributed by atoms with E-state index in [-0.39, 0.29) is 29.7 Å². The van der Waals surface area contributed by atoms with E-state index >= 15 is 0 Å². The molecular weight excluding hydrogens is 347 g/mol.